The zero-order valence-corrected chi connectivity index (χ0v) is 8.83. The molecule has 0 saturated heterocycles. The van der Waals surface area contributed by atoms with Crippen molar-refractivity contribution in [2.45, 2.75) is 13.5 Å². The van der Waals surface area contributed by atoms with E-state index in [1.165, 1.54) is 5.56 Å². The maximum absolute atomic E-state index is 4.50. The Hall–Kier alpha value is -1.35. The van der Waals surface area contributed by atoms with Crippen LogP contribution in [0.15, 0.2) is 18.2 Å². The summed E-state index contributed by atoms with van der Waals surface area (Å²) in [5.74, 6) is 1.02. The van der Waals surface area contributed by atoms with E-state index < -0.39 is 0 Å². The Kier molecular flexibility index (Phi) is 2.25. The Morgan fingerprint density at radius 2 is 2.14 bits per heavy atom. The SMILES string of the molecule is Cc1ccc2nc(CN(C)C)[nH]c2c1. The first kappa shape index (κ1) is 9.21. The van der Waals surface area contributed by atoms with Crippen LogP contribution in [-0.4, -0.2) is 29.0 Å². The first-order valence-electron chi connectivity index (χ1n) is 4.75. The highest BCUT2D eigenvalue weighted by molar-refractivity contribution is 5.75. The van der Waals surface area contributed by atoms with Crippen LogP contribution in [0, 0.1) is 6.92 Å². The summed E-state index contributed by atoms with van der Waals surface area (Å²) in [4.78, 5) is 9.91. The minimum Gasteiger partial charge on any atom is -0.341 e. The fourth-order valence-corrected chi connectivity index (χ4v) is 1.55. The Morgan fingerprint density at radius 1 is 1.36 bits per heavy atom. The van der Waals surface area contributed by atoms with Crippen molar-refractivity contribution in [3.05, 3.63) is 29.6 Å². The molecule has 74 valence electrons. The number of nitrogens with one attached hydrogen (secondary N) is 1. The number of rotatable bonds is 2. The normalized spacial score (nSPS) is 11.4. The van der Waals surface area contributed by atoms with Crippen LogP contribution in [0.1, 0.15) is 11.4 Å². The second-order valence-electron chi connectivity index (χ2n) is 3.94. The molecule has 2 rings (SSSR count). The molecule has 1 aromatic carbocycles. The number of aryl methyl sites for hydroxylation is 1. The molecule has 0 unspecified atom stereocenters. The van der Waals surface area contributed by atoms with Gasteiger partial charge < -0.3 is 9.88 Å². The van der Waals surface area contributed by atoms with Crippen molar-refractivity contribution in [1.29, 1.82) is 0 Å². The van der Waals surface area contributed by atoms with Gasteiger partial charge in [0.05, 0.1) is 17.6 Å². The van der Waals surface area contributed by atoms with Crippen LogP contribution < -0.4 is 0 Å². The molecule has 0 fully saturated rings. The fraction of sp³-hybridized carbons (Fsp3) is 0.364. The van der Waals surface area contributed by atoms with E-state index >= 15 is 0 Å². The van der Waals surface area contributed by atoms with Gasteiger partial charge in [0, 0.05) is 0 Å². The zero-order valence-electron chi connectivity index (χ0n) is 8.83. The predicted molar refractivity (Wildman–Crippen MR) is 58.2 cm³/mol. The highest BCUT2D eigenvalue weighted by Crippen LogP contribution is 2.13. The van der Waals surface area contributed by atoms with Crippen molar-refractivity contribution in [3.8, 4) is 0 Å². The highest BCUT2D eigenvalue weighted by Gasteiger charge is 2.02. The number of imidazole rings is 1. The molecule has 0 radical (unpaired) electrons. The molecule has 3 nitrogen and oxygen atoms in total. The molecule has 0 aliphatic carbocycles. The number of nitrogens with zero attached hydrogens (tertiary/aromatic N) is 2. The van der Waals surface area contributed by atoms with E-state index in [0.717, 1.165) is 23.4 Å². The molecule has 0 amide bonds. The summed E-state index contributed by atoms with van der Waals surface area (Å²) < 4.78 is 0. The van der Waals surface area contributed by atoms with Gasteiger partial charge in [-0.3, -0.25) is 0 Å². The number of benzene rings is 1. The van der Waals surface area contributed by atoms with Crippen LogP contribution in [0.3, 0.4) is 0 Å². The quantitative estimate of drug-likeness (QED) is 0.782. The van der Waals surface area contributed by atoms with E-state index in [1.54, 1.807) is 0 Å². The van der Waals surface area contributed by atoms with Gasteiger partial charge in [-0.15, -0.1) is 0 Å². The third kappa shape index (κ3) is 1.77. The molecule has 1 N–H and O–H groups in total. The fourth-order valence-electron chi connectivity index (χ4n) is 1.55. The monoisotopic (exact) mass is 189 g/mol. The van der Waals surface area contributed by atoms with Crippen LogP contribution in [0.5, 0.6) is 0 Å². The maximum atomic E-state index is 4.50. The minimum atomic E-state index is 0.855. The van der Waals surface area contributed by atoms with Crippen molar-refractivity contribution in [2.75, 3.05) is 14.1 Å². The summed E-state index contributed by atoms with van der Waals surface area (Å²) in [5.41, 5.74) is 3.44. The average molecular weight is 189 g/mol. The van der Waals surface area contributed by atoms with Crippen molar-refractivity contribution in [3.63, 3.8) is 0 Å². The smallest absolute Gasteiger partial charge is 0.121 e. The van der Waals surface area contributed by atoms with Crippen LogP contribution in [0.25, 0.3) is 11.0 Å². The third-order valence-electron chi connectivity index (χ3n) is 2.15. The van der Waals surface area contributed by atoms with Gasteiger partial charge in [-0.1, -0.05) is 6.07 Å². The molecule has 14 heavy (non-hydrogen) atoms. The van der Waals surface area contributed by atoms with Gasteiger partial charge >= 0.3 is 0 Å². The molecular formula is C11H15N3. The molecule has 3 heteroatoms. The molecule has 0 spiro atoms. The molecular weight excluding hydrogens is 174 g/mol. The van der Waals surface area contributed by atoms with E-state index in [9.17, 15) is 0 Å². The number of aromatic amines is 1. The van der Waals surface area contributed by atoms with Gasteiger partial charge in [-0.2, -0.15) is 0 Å². The third-order valence-corrected chi connectivity index (χ3v) is 2.15. The first-order valence-corrected chi connectivity index (χ1v) is 4.75. The van der Waals surface area contributed by atoms with Crippen molar-refractivity contribution in [1.82, 2.24) is 14.9 Å². The van der Waals surface area contributed by atoms with Gasteiger partial charge in [0.1, 0.15) is 5.82 Å². The number of hydrogen-bond acceptors (Lipinski definition) is 2. The Labute approximate surface area is 83.8 Å². The van der Waals surface area contributed by atoms with Gasteiger partial charge in [-0.05, 0) is 38.7 Å². The lowest BCUT2D eigenvalue weighted by Crippen LogP contribution is -2.11. The van der Waals surface area contributed by atoms with Crippen molar-refractivity contribution >= 4 is 11.0 Å². The Balaban J connectivity index is 2.41. The van der Waals surface area contributed by atoms with Gasteiger partial charge in [0.2, 0.25) is 0 Å². The standard InChI is InChI=1S/C11H15N3/c1-8-4-5-9-10(6-8)13-11(12-9)7-14(2)3/h4-6H,7H2,1-3H3,(H,12,13). The average Bonchev–Trinajstić information content (AvgIpc) is 2.44. The van der Waals surface area contributed by atoms with E-state index in [-0.39, 0.29) is 0 Å². The van der Waals surface area contributed by atoms with Crippen molar-refractivity contribution in [2.24, 2.45) is 0 Å². The summed E-state index contributed by atoms with van der Waals surface area (Å²) in [6.45, 7) is 2.94. The molecule has 1 heterocycles. The van der Waals surface area contributed by atoms with Crippen molar-refractivity contribution < 1.29 is 0 Å². The van der Waals surface area contributed by atoms with Crippen LogP contribution in [-0.2, 0) is 6.54 Å². The lowest BCUT2D eigenvalue weighted by atomic mass is 10.2. The summed E-state index contributed by atoms with van der Waals surface area (Å²) in [6, 6.07) is 6.27. The second-order valence-corrected chi connectivity index (χ2v) is 3.94. The highest BCUT2D eigenvalue weighted by atomic mass is 15.1. The summed E-state index contributed by atoms with van der Waals surface area (Å²) in [5, 5.41) is 0. The predicted octanol–water partition coefficient (Wildman–Crippen LogP) is 1.93. The summed E-state index contributed by atoms with van der Waals surface area (Å²) >= 11 is 0. The molecule has 2 aromatic rings. The summed E-state index contributed by atoms with van der Waals surface area (Å²) in [7, 11) is 4.08. The van der Waals surface area contributed by atoms with Gasteiger partial charge in [-0.25, -0.2) is 4.98 Å². The van der Waals surface area contributed by atoms with E-state index in [0.29, 0.717) is 0 Å². The van der Waals surface area contributed by atoms with Crippen LogP contribution in [0.2, 0.25) is 0 Å². The van der Waals surface area contributed by atoms with Gasteiger partial charge in [0.15, 0.2) is 0 Å². The maximum Gasteiger partial charge on any atom is 0.121 e. The topological polar surface area (TPSA) is 31.9 Å². The molecule has 0 aliphatic rings. The van der Waals surface area contributed by atoms with Gasteiger partial charge in [0.25, 0.3) is 0 Å². The number of hydrogen-bond donors (Lipinski definition) is 1. The molecule has 0 bridgehead atoms. The van der Waals surface area contributed by atoms with E-state index in [4.69, 9.17) is 0 Å². The van der Waals surface area contributed by atoms with E-state index in [2.05, 4.69) is 40.0 Å². The van der Waals surface area contributed by atoms with Crippen LogP contribution >= 0.6 is 0 Å². The number of H-pyrrole nitrogens is 1. The molecule has 1 aromatic heterocycles. The number of fused-ring (bicyclic) bond motifs is 1. The van der Waals surface area contributed by atoms with Crippen LogP contribution in [0.4, 0.5) is 0 Å². The molecule has 0 saturated carbocycles. The zero-order chi connectivity index (χ0) is 10.1. The number of aromatic nitrogens is 2. The largest absolute Gasteiger partial charge is 0.341 e. The lowest BCUT2D eigenvalue weighted by Gasteiger charge is -2.04. The minimum absolute atomic E-state index is 0.855. The Morgan fingerprint density at radius 3 is 2.86 bits per heavy atom. The Bertz CT molecular complexity index is 443. The van der Waals surface area contributed by atoms with E-state index in [1.807, 2.05) is 14.1 Å². The molecule has 0 atom stereocenters. The second kappa shape index (κ2) is 3.42. The lowest BCUT2D eigenvalue weighted by molar-refractivity contribution is 0.392. The summed E-state index contributed by atoms with van der Waals surface area (Å²) in [6.07, 6.45) is 0. The first-order chi connectivity index (χ1) is 6.65. The molecule has 0 aliphatic heterocycles.